The molecule has 12 heteroatoms. The first-order chi connectivity index (χ1) is 17.5. The maximum atomic E-state index is 12.9. The van der Waals surface area contributed by atoms with E-state index in [1.165, 1.54) is 18.6 Å². The van der Waals surface area contributed by atoms with Crippen LogP contribution < -0.4 is 26.8 Å². The second-order valence-electron chi connectivity index (χ2n) is 12.0. The number of nitrogens with two attached hydrogens (primary N) is 2. The molecule has 6 rings (SSSR count). The van der Waals surface area contributed by atoms with Crippen LogP contribution in [0.3, 0.4) is 0 Å². The van der Waals surface area contributed by atoms with Crippen molar-refractivity contribution in [3.05, 3.63) is 24.3 Å². The first kappa shape index (κ1) is 29.1. The Morgan fingerprint density at radius 1 is 1.03 bits per heavy atom. The first-order valence-electron chi connectivity index (χ1n) is 13.3. The van der Waals surface area contributed by atoms with E-state index in [1.807, 2.05) is 0 Å². The van der Waals surface area contributed by atoms with Crippen molar-refractivity contribution in [3.8, 4) is 0 Å². The standard InChI is InChI=1S/C26H39N5O5S.ClH/c27-22(19-4-6-36-7-5-19)23(32)29-15-25-10-17-8-18(11-25)13-26(12-17,14-25)16-30-24(33)31-20-2-1-3-21(9-20)37(28,34)35;/h1-3,9,17-19,22H,4-8,10-16,27H2,(H,29,32)(H2,28,34,35)(H2,30,31,33);1H. The van der Waals surface area contributed by atoms with Crippen LogP contribution in [0.2, 0.25) is 0 Å². The smallest absolute Gasteiger partial charge is 0.319 e. The molecule has 4 bridgehead atoms. The van der Waals surface area contributed by atoms with Crippen LogP contribution in [0.1, 0.15) is 51.4 Å². The Morgan fingerprint density at radius 2 is 1.63 bits per heavy atom. The molecular formula is C26H40ClN5O5S. The molecule has 3 unspecified atom stereocenters. The van der Waals surface area contributed by atoms with Gasteiger partial charge in [-0.05, 0) is 98.1 Å². The van der Waals surface area contributed by atoms with Crippen molar-refractivity contribution < 1.29 is 22.7 Å². The van der Waals surface area contributed by atoms with Gasteiger partial charge in [-0.2, -0.15) is 0 Å². The lowest BCUT2D eigenvalue weighted by atomic mass is 9.44. The number of carbonyl (C=O) groups excluding carboxylic acids is 2. The van der Waals surface area contributed by atoms with Crippen LogP contribution in [0.5, 0.6) is 0 Å². The van der Waals surface area contributed by atoms with Crippen molar-refractivity contribution in [2.24, 2.45) is 39.5 Å². The summed E-state index contributed by atoms with van der Waals surface area (Å²) in [6.07, 6.45) is 8.26. The second-order valence-corrected chi connectivity index (χ2v) is 13.6. The summed E-state index contributed by atoms with van der Waals surface area (Å²) in [5.41, 5.74) is 6.74. The van der Waals surface area contributed by atoms with E-state index in [4.69, 9.17) is 15.6 Å². The van der Waals surface area contributed by atoms with E-state index >= 15 is 0 Å². The fourth-order valence-electron chi connectivity index (χ4n) is 7.94. The van der Waals surface area contributed by atoms with Crippen molar-refractivity contribution in [1.29, 1.82) is 0 Å². The number of primary sulfonamides is 1. The molecule has 1 aromatic carbocycles. The fraction of sp³-hybridized carbons (Fsp3) is 0.692. The predicted octanol–water partition coefficient (Wildman–Crippen LogP) is 2.33. The average molecular weight is 570 g/mol. The van der Waals surface area contributed by atoms with Gasteiger partial charge in [0.05, 0.1) is 10.9 Å². The minimum Gasteiger partial charge on any atom is -0.381 e. The average Bonchev–Trinajstić information content (AvgIpc) is 2.85. The molecule has 38 heavy (non-hydrogen) atoms. The van der Waals surface area contributed by atoms with Gasteiger partial charge in [-0.3, -0.25) is 4.79 Å². The molecule has 5 aliphatic rings. The number of ether oxygens (including phenoxy) is 1. The molecule has 0 radical (unpaired) electrons. The van der Waals surface area contributed by atoms with Gasteiger partial charge in [0.2, 0.25) is 15.9 Å². The monoisotopic (exact) mass is 569 g/mol. The van der Waals surface area contributed by atoms with Gasteiger partial charge in [-0.15, -0.1) is 12.4 Å². The van der Waals surface area contributed by atoms with E-state index in [9.17, 15) is 18.0 Å². The quantitative estimate of drug-likeness (QED) is 0.322. The Labute approximate surface area is 230 Å². The lowest BCUT2D eigenvalue weighted by Gasteiger charge is -2.62. The number of hydrogen-bond acceptors (Lipinski definition) is 6. The molecule has 5 fully saturated rings. The molecular weight excluding hydrogens is 530 g/mol. The summed E-state index contributed by atoms with van der Waals surface area (Å²) in [6, 6.07) is 5.05. The van der Waals surface area contributed by atoms with Crippen molar-refractivity contribution >= 4 is 40.1 Å². The molecule has 1 aliphatic heterocycles. The van der Waals surface area contributed by atoms with E-state index in [2.05, 4.69) is 16.0 Å². The highest BCUT2D eigenvalue weighted by molar-refractivity contribution is 7.89. The summed E-state index contributed by atoms with van der Waals surface area (Å²) in [4.78, 5) is 25.6. The van der Waals surface area contributed by atoms with Crippen LogP contribution >= 0.6 is 12.4 Å². The summed E-state index contributed by atoms with van der Waals surface area (Å²) in [7, 11) is -3.85. The zero-order valence-electron chi connectivity index (χ0n) is 21.6. The SMILES string of the molecule is Cl.NC(C(=O)NCC12CC3CC(CC(CNC(=O)Nc4cccc(S(N)(=O)=O)c4)(C3)C1)C2)C1CCOCC1. The molecule has 0 aromatic heterocycles. The zero-order chi connectivity index (χ0) is 26.3. The van der Waals surface area contributed by atoms with Gasteiger partial charge < -0.3 is 26.4 Å². The number of benzene rings is 1. The number of sulfonamides is 1. The van der Waals surface area contributed by atoms with E-state index < -0.39 is 16.1 Å². The van der Waals surface area contributed by atoms with Gasteiger partial charge in [0.25, 0.3) is 0 Å². The third kappa shape index (κ3) is 6.44. The molecule has 212 valence electrons. The molecule has 1 aromatic rings. The molecule has 3 atom stereocenters. The minimum absolute atomic E-state index is 0. The lowest BCUT2D eigenvalue weighted by Crippen LogP contribution is -2.59. The van der Waals surface area contributed by atoms with Crippen LogP contribution in [-0.2, 0) is 19.6 Å². The van der Waals surface area contributed by atoms with Gasteiger partial charge in [0.15, 0.2) is 0 Å². The van der Waals surface area contributed by atoms with Crippen molar-refractivity contribution in [2.45, 2.75) is 62.3 Å². The molecule has 4 saturated carbocycles. The highest BCUT2D eigenvalue weighted by Crippen LogP contribution is 2.64. The largest absolute Gasteiger partial charge is 0.381 e. The minimum atomic E-state index is -3.85. The third-order valence-electron chi connectivity index (χ3n) is 9.06. The highest BCUT2D eigenvalue weighted by atomic mass is 35.5. The summed E-state index contributed by atoms with van der Waals surface area (Å²) in [6.45, 7) is 2.53. The van der Waals surface area contributed by atoms with E-state index in [0.717, 1.165) is 44.9 Å². The maximum Gasteiger partial charge on any atom is 0.319 e. The van der Waals surface area contributed by atoms with E-state index in [1.54, 1.807) is 12.1 Å². The molecule has 7 N–H and O–H groups in total. The van der Waals surface area contributed by atoms with Crippen molar-refractivity contribution in [3.63, 3.8) is 0 Å². The highest BCUT2D eigenvalue weighted by Gasteiger charge is 2.57. The Balaban J connectivity index is 0.00000336. The van der Waals surface area contributed by atoms with Gasteiger partial charge in [-0.1, -0.05) is 6.07 Å². The van der Waals surface area contributed by atoms with Gasteiger partial charge in [0.1, 0.15) is 0 Å². The number of anilines is 1. The fourth-order valence-corrected chi connectivity index (χ4v) is 8.50. The van der Waals surface area contributed by atoms with E-state index in [0.29, 0.717) is 43.8 Å². The maximum absolute atomic E-state index is 12.9. The third-order valence-corrected chi connectivity index (χ3v) is 9.97. The number of nitrogens with one attached hydrogen (secondary N) is 3. The topological polar surface area (TPSA) is 166 Å². The molecule has 10 nitrogen and oxygen atoms in total. The van der Waals surface area contributed by atoms with Crippen LogP contribution in [0.25, 0.3) is 0 Å². The van der Waals surface area contributed by atoms with E-state index in [-0.39, 0.29) is 46.0 Å². The van der Waals surface area contributed by atoms with Gasteiger partial charge in [-0.25, -0.2) is 18.4 Å². The Bertz CT molecular complexity index is 1130. The number of amides is 3. The predicted molar refractivity (Wildman–Crippen MR) is 146 cm³/mol. The van der Waals surface area contributed by atoms with Crippen LogP contribution in [0.4, 0.5) is 10.5 Å². The lowest BCUT2D eigenvalue weighted by molar-refractivity contribution is -0.130. The Kier molecular flexibility index (Phi) is 8.64. The summed E-state index contributed by atoms with van der Waals surface area (Å²) in [5, 5.41) is 14.2. The Morgan fingerprint density at radius 3 is 2.24 bits per heavy atom. The molecule has 3 amide bonds. The molecule has 0 spiro atoms. The molecule has 4 aliphatic carbocycles. The van der Waals surface area contributed by atoms with Crippen LogP contribution in [0.15, 0.2) is 29.2 Å². The first-order valence-corrected chi connectivity index (χ1v) is 14.9. The van der Waals surface area contributed by atoms with Crippen LogP contribution in [0, 0.1) is 28.6 Å². The summed E-state index contributed by atoms with van der Waals surface area (Å²) >= 11 is 0. The normalized spacial score (nSPS) is 31.2. The van der Waals surface area contributed by atoms with Gasteiger partial charge in [0, 0.05) is 32.0 Å². The number of halogens is 1. The van der Waals surface area contributed by atoms with Crippen molar-refractivity contribution in [1.82, 2.24) is 10.6 Å². The number of hydrogen-bond donors (Lipinski definition) is 5. The molecule has 1 saturated heterocycles. The number of urea groups is 1. The summed E-state index contributed by atoms with van der Waals surface area (Å²) < 4.78 is 28.6. The van der Waals surface area contributed by atoms with Crippen molar-refractivity contribution in [2.75, 3.05) is 31.6 Å². The zero-order valence-corrected chi connectivity index (χ0v) is 23.2. The Hall–Kier alpha value is -1.92. The number of rotatable bonds is 8. The summed E-state index contributed by atoms with van der Waals surface area (Å²) in [5.74, 6) is 1.33. The number of carbonyl (C=O) groups is 2. The second kappa shape index (κ2) is 11.3. The van der Waals surface area contributed by atoms with Gasteiger partial charge >= 0.3 is 6.03 Å². The molecule has 1 heterocycles. The van der Waals surface area contributed by atoms with Crippen LogP contribution in [-0.4, -0.2) is 52.7 Å².